The zero-order chi connectivity index (χ0) is 11.4. The molecule has 0 aliphatic carbocycles. The number of carbonyl (C=O) groups excluding carboxylic acids is 1. The van der Waals surface area contributed by atoms with Crippen LogP contribution in [0, 0.1) is 5.82 Å². The Labute approximate surface area is 98.6 Å². The number of halogens is 1. The van der Waals surface area contributed by atoms with Crippen LogP contribution in [0.4, 0.5) is 4.39 Å². The van der Waals surface area contributed by atoms with Crippen LogP contribution in [0.1, 0.15) is 23.2 Å². The zero-order valence-electron chi connectivity index (χ0n) is 8.91. The lowest BCUT2D eigenvalue weighted by Crippen LogP contribution is -2.29. The minimum Gasteiger partial charge on any atom is -0.351 e. The van der Waals surface area contributed by atoms with Gasteiger partial charge in [0.2, 0.25) is 0 Å². The van der Waals surface area contributed by atoms with Crippen molar-refractivity contribution in [3.05, 3.63) is 35.6 Å². The first-order valence-electron chi connectivity index (χ1n) is 5.41. The van der Waals surface area contributed by atoms with Gasteiger partial charge in [-0.15, -0.1) is 0 Å². The van der Waals surface area contributed by atoms with E-state index >= 15 is 0 Å². The molecule has 1 unspecified atom stereocenters. The van der Waals surface area contributed by atoms with Crippen molar-refractivity contribution >= 4 is 17.7 Å². The van der Waals surface area contributed by atoms with Crippen LogP contribution in [0.5, 0.6) is 0 Å². The maximum Gasteiger partial charge on any atom is 0.251 e. The zero-order valence-corrected chi connectivity index (χ0v) is 9.73. The van der Waals surface area contributed by atoms with Crippen LogP contribution < -0.4 is 5.32 Å². The number of hydrogen-bond acceptors (Lipinski definition) is 2. The fourth-order valence-corrected chi connectivity index (χ4v) is 2.92. The van der Waals surface area contributed by atoms with Gasteiger partial charge in [-0.3, -0.25) is 4.79 Å². The van der Waals surface area contributed by atoms with Crippen LogP contribution in [0.3, 0.4) is 0 Å². The monoisotopic (exact) mass is 239 g/mol. The van der Waals surface area contributed by atoms with Gasteiger partial charge in [0.1, 0.15) is 5.82 Å². The van der Waals surface area contributed by atoms with Gasteiger partial charge < -0.3 is 5.32 Å². The third kappa shape index (κ3) is 2.98. The summed E-state index contributed by atoms with van der Waals surface area (Å²) in [5.74, 6) is 0.757. The smallest absolute Gasteiger partial charge is 0.251 e. The Kier molecular flexibility index (Phi) is 3.83. The van der Waals surface area contributed by atoms with E-state index < -0.39 is 0 Å². The van der Waals surface area contributed by atoms with Crippen molar-refractivity contribution in [3.8, 4) is 0 Å². The van der Waals surface area contributed by atoms with Crippen molar-refractivity contribution in [2.45, 2.75) is 18.1 Å². The fraction of sp³-hybridized carbons (Fsp3) is 0.417. The Balaban J connectivity index is 1.85. The van der Waals surface area contributed by atoms with Crippen LogP contribution in [-0.4, -0.2) is 23.5 Å². The minimum atomic E-state index is -0.317. The average Bonchev–Trinajstić information content (AvgIpc) is 2.80. The summed E-state index contributed by atoms with van der Waals surface area (Å²) in [6.45, 7) is 0.709. The number of nitrogens with one attached hydrogen (secondary N) is 1. The summed E-state index contributed by atoms with van der Waals surface area (Å²) >= 11 is 1.91. The highest BCUT2D eigenvalue weighted by atomic mass is 32.2. The summed E-state index contributed by atoms with van der Waals surface area (Å²) in [7, 11) is 0. The Morgan fingerprint density at radius 1 is 1.44 bits per heavy atom. The number of benzene rings is 1. The Hall–Kier alpha value is -1.03. The molecule has 1 atom stereocenters. The van der Waals surface area contributed by atoms with Gasteiger partial charge in [-0.2, -0.15) is 11.8 Å². The van der Waals surface area contributed by atoms with Crippen LogP contribution in [0.25, 0.3) is 0 Å². The molecule has 1 heterocycles. The molecule has 1 aliphatic heterocycles. The van der Waals surface area contributed by atoms with Gasteiger partial charge in [0, 0.05) is 17.4 Å². The van der Waals surface area contributed by atoms with Gasteiger partial charge in [0.25, 0.3) is 5.91 Å². The molecular weight excluding hydrogens is 225 g/mol. The van der Waals surface area contributed by atoms with E-state index in [4.69, 9.17) is 0 Å². The molecule has 1 aromatic carbocycles. The first-order valence-corrected chi connectivity index (χ1v) is 6.46. The average molecular weight is 239 g/mol. The molecule has 2 rings (SSSR count). The number of thioether (sulfide) groups is 1. The molecule has 0 bridgehead atoms. The SMILES string of the molecule is O=C(NCC1CCCS1)c1ccc(F)cc1. The Morgan fingerprint density at radius 3 is 2.81 bits per heavy atom. The summed E-state index contributed by atoms with van der Waals surface area (Å²) in [5.41, 5.74) is 0.518. The van der Waals surface area contributed by atoms with Gasteiger partial charge >= 0.3 is 0 Å². The fourth-order valence-electron chi connectivity index (χ4n) is 1.72. The molecular formula is C12H14FNOS. The molecule has 4 heteroatoms. The van der Waals surface area contributed by atoms with Crippen LogP contribution >= 0.6 is 11.8 Å². The molecule has 86 valence electrons. The van der Waals surface area contributed by atoms with E-state index in [-0.39, 0.29) is 11.7 Å². The Morgan fingerprint density at radius 2 is 2.19 bits per heavy atom. The van der Waals surface area contributed by atoms with Gasteiger partial charge in [0.15, 0.2) is 0 Å². The second kappa shape index (κ2) is 5.34. The maximum absolute atomic E-state index is 12.6. The highest BCUT2D eigenvalue weighted by molar-refractivity contribution is 8.00. The van der Waals surface area contributed by atoms with Gasteiger partial charge in [-0.25, -0.2) is 4.39 Å². The van der Waals surface area contributed by atoms with Crippen molar-refractivity contribution in [1.29, 1.82) is 0 Å². The molecule has 0 saturated carbocycles. The van der Waals surface area contributed by atoms with Gasteiger partial charge in [0.05, 0.1) is 0 Å². The summed E-state index contributed by atoms with van der Waals surface area (Å²) in [5, 5.41) is 3.42. The molecule has 1 aromatic rings. The predicted octanol–water partition coefficient (Wildman–Crippen LogP) is 2.45. The third-order valence-corrected chi connectivity index (χ3v) is 4.02. The van der Waals surface area contributed by atoms with Crippen LogP contribution in [-0.2, 0) is 0 Å². The number of hydrogen-bond donors (Lipinski definition) is 1. The third-order valence-electron chi connectivity index (χ3n) is 2.62. The van der Waals surface area contributed by atoms with Crippen molar-refractivity contribution in [1.82, 2.24) is 5.32 Å². The molecule has 0 spiro atoms. The Bertz CT molecular complexity index is 360. The van der Waals surface area contributed by atoms with Gasteiger partial charge in [-0.1, -0.05) is 0 Å². The van der Waals surface area contributed by atoms with E-state index in [0.29, 0.717) is 17.4 Å². The topological polar surface area (TPSA) is 29.1 Å². The first kappa shape index (κ1) is 11.5. The highest BCUT2D eigenvalue weighted by Crippen LogP contribution is 2.25. The number of carbonyl (C=O) groups is 1. The van der Waals surface area contributed by atoms with Crippen molar-refractivity contribution in [2.24, 2.45) is 0 Å². The molecule has 2 nitrogen and oxygen atoms in total. The summed E-state index contributed by atoms with van der Waals surface area (Å²) < 4.78 is 12.6. The largest absolute Gasteiger partial charge is 0.351 e. The van der Waals surface area contributed by atoms with E-state index in [1.807, 2.05) is 11.8 Å². The van der Waals surface area contributed by atoms with Crippen LogP contribution in [0.2, 0.25) is 0 Å². The standard InChI is InChI=1S/C12H14FNOS/c13-10-5-3-9(4-6-10)12(15)14-8-11-2-1-7-16-11/h3-6,11H,1-2,7-8H2,(H,14,15). The second-order valence-electron chi connectivity index (χ2n) is 3.85. The molecule has 1 saturated heterocycles. The molecule has 0 aromatic heterocycles. The summed E-state index contributed by atoms with van der Waals surface area (Å²) in [4.78, 5) is 11.7. The lowest BCUT2D eigenvalue weighted by Gasteiger charge is -2.09. The molecule has 1 N–H and O–H groups in total. The molecule has 1 fully saturated rings. The lowest BCUT2D eigenvalue weighted by atomic mass is 10.2. The molecule has 16 heavy (non-hydrogen) atoms. The van der Waals surface area contributed by atoms with E-state index in [1.165, 1.54) is 42.9 Å². The van der Waals surface area contributed by atoms with Crippen molar-refractivity contribution < 1.29 is 9.18 Å². The summed E-state index contributed by atoms with van der Waals surface area (Å²) in [6.07, 6.45) is 2.41. The van der Waals surface area contributed by atoms with E-state index in [0.717, 1.165) is 0 Å². The van der Waals surface area contributed by atoms with E-state index in [9.17, 15) is 9.18 Å². The van der Waals surface area contributed by atoms with Crippen LogP contribution in [0.15, 0.2) is 24.3 Å². The second-order valence-corrected chi connectivity index (χ2v) is 5.26. The van der Waals surface area contributed by atoms with E-state index in [2.05, 4.69) is 5.32 Å². The normalized spacial score (nSPS) is 19.7. The quantitative estimate of drug-likeness (QED) is 0.878. The van der Waals surface area contributed by atoms with Crippen molar-refractivity contribution in [3.63, 3.8) is 0 Å². The van der Waals surface area contributed by atoms with Crippen molar-refractivity contribution in [2.75, 3.05) is 12.3 Å². The first-order chi connectivity index (χ1) is 7.75. The molecule has 1 aliphatic rings. The lowest BCUT2D eigenvalue weighted by molar-refractivity contribution is 0.0953. The number of rotatable bonds is 3. The predicted molar refractivity (Wildman–Crippen MR) is 64.2 cm³/mol. The molecule has 1 amide bonds. The summed E-state index contributed by atoms with van der Waals surface area (Å²) in [6, 6.07) is 5.62. The van der Waals surface area contributed by atoms with E-state index in [1.54, 1.807) is 0 Å². The number of amides is 1. The molecule has 0 radical (unpaired) electrons. The van der Waals surface area contributed by atoms with Gasteiger partial charge in [-0.05, 0) is 42.9 Å². The maximum atomic E-state index is 12.6. The highest BCUT2D eigenvalue weighted by Gasteiger charge is 2.16. The minimum absolute atomic E-state index is 0.118.